The molecule has 88 valence electrons. The van der Waals surface area contributed by atoms with Crippen molar-refractivity contribution in [1.29, 1.82) is 0 Å². The molecule has 0 unspecified atom stereocenters. The van der Waals surface area contributed by atoms with Gasteiger partial charge in [-0.2, -0.15) is 7.11 Å². The maximum atomic E-state index is 9.10. The molecule has 0 aliphatic carbocycles. The third-order valence-corrected chi connectivity index (χ3v) is 1.50. The summed E-state index contributed by atoms with van der Waals surface area (Å²) in [6, 6.07) is 0. The zero-order valence-electron chi connectivity index (χ0n) is 10.2. The van der Waals surface area contributed by atoms with Gasteiger partial charge in [0, 0.05) is 0 Å². The molecule has 0 radical (unpaired) electrons. The largest absolute Gasteiger partial charge is 1.00 e. The minimum absolute atomic E-state index is 0. The van der Waals surface area contributed by atoms with Crippen LogP contribution in [0.5, 0.6) is 0 Å². The summed E-state index contributed by atoms with van der Waals surface area (Å²) in [5.74, 6) is 0. The molecular weight excluding hydrogens is 230 g/mol. The molecule has 0 fully saturated rings. The normalized spacial score (nSPS) is 9.80. The van der Waals surface area contributed by atoms with Crippen molar-refractivity contribution in [3.63, 3.8) is 0 Å². The molecule has 0 aromatic rings. The summed E-state index contributed by atoms with van der Waals surface area (Å²) >= 11 is 0. The fraction of sp³-hybridized carbons (Fsp3) is 1.00. The number of hydrogen-bond donors (Lipinski definition) is 5. The smallest absolute Gasteiger partial charge is 0.857 e. The summed E-state index contributed by atoms with van der Waals surface area (Å²) in [4.78, 5) is 0. The van der Waals surface area contributed by atoms with Crippen LogP contribution in [0, 0.1) is 0 Å². The molecule has 0 aromatic carbocycles. The van der Waals surface area contributed by atoms with Gasteiger partial charge in [-0.1, -0.05) is 0 Å². The molecule has 8 heteroatoms. The van der Waals surface area contributed by atoms with E-state index in [1.165, 1.54) is 0 Å². The Labute approximate surface area is 134 Å². The van der Waals surface area contributed by atoms with Crippen molar-refractivity contribution in [1.82, 2.24) is 0 Å². The molecule has 5 N–H and O–H groups in total. The standard InChI is InChI=1S/C6H14O2.CH3O.BH3O3.K/c1-5(2,7)6(3,4)8;1-2;2-1(3)4;/h7-8H,1-4H3;1H3;2-4H;/q;-1;;+1. The van der Waals surface area contributed by atoms with Crippen molar-refractivity contribution < 1.29 is 81.8 Å². The van der Waals surface area contributed by atoms with E-state index in [-0.39, 0.29) is 51.4 Å². The summed E-state index contributed by atoms with van der Waals surface area (Å²) < 4.78 is 0. The first kappa shape index (κ1) is 25.3. The molecule has 0 aliphatic heterocycles. The number of hydrogen-bond acceptors (Lipinski definition) is 6. The maximum Gasteiger partial charge on any atom is 1.00 e. The van der Waals surface area contributed by atoms with Gasteiger partial charge in [0.05, 0.1) is 11.2 Å². The first-order valence-corrected chi connectivity index (χ1v) is 3.88. The van der Waals surface area contributed by atoms with Crippen LogP contribution >= 0.6 is 0 Å². The van der Waals surface area contributed by atoms with Crippen LogP contribution in [-0.4, -0.2) is 50.9 Å². The predicted octanol–water partition coefficient (Wildman–Crippen LogP) is -5.54. The van der Waals surface area contributed by atoms with E-state index in [1.807, 2.05) is 0 Å². The van der Waals surface area contributed by atoms with Crippen molar-refractivity contribution in [2.75, 3.05) is 7.11 Å². The molecule has 0 aliphatic rings. The van der Waals surface area contributed by atoms with Crippen molar-refractivity contribution in [2.45, 2.75) is 38.9 Å². The molecule has 0 rings (SSSR count). The Kier molecular flexibility index (Phi) is 20.2. The van der Waals surface area contributed by atoms with Gasteiger partial charge < -0.3 is 30.4 Å². The van der Waals surface area contributed by atoms with Gasteiger partial charge in [-0.15, -0.1) is 0 Å². The molecule has 6 nitrogen and oxygen atoms in total. The van der Waals surface area contributed by atoms with Gasteiger partial charge >= 0.3 is 58.7 Å². The number of aliphatic hydroxyl groups is 2. The molecule has 0 saturated heterocycles. The molecular formula is C7H20BKO6. The van der Waals surface area contributed by atoms with Crippen LogP contribution < -0.4 is 56.5 Å². The Morgan fingerprint density at radius 2 is 0.867 bits per heavy atom. The van der Waals surface area contributed by atoms with E-state index < -0.39 is 18.5 Å². The van der Waals surface area contributed by atoms with Gasteiger partial charge in [-0.3, -0.25) is 0 Å². The minimum atomic E-state index is -2.17. The van der Waals surface area contributed by atoms with Crippen molar-refractivity contribution in [2.24, 2.45) is 0 Å². The Morgan fingerprint density at radius 1 is 0.800 bits per heavy atom. The Morgan fingerprint density at radius 3 is 0.867 bits per heavy atom. The average molecular weight is 250 g/mol. The first-order valence-electron chi connectivity index (χ1n) is 3.88. The monoisotopic (exact) mass is 250 g/mol. The van der Waals surface area contributed by atoms with Crippen LogP contribution in [0.15, 0.2) is 0 Å². The quantitative estimate of drug-likeness (QED) is 0.296. The Hall–Kier alpha value is 1.46. The summed E-state index contributed by atoms with van der Waals surface area (Å²) in [6.45, 7) is 6.31. The van der Waals surface area contributed by atoms with Crippen LogP contribution in [0.4, 0.5) is 0 Å². The zero-order valence-corrected chi connectivity index (χ0v) is 13.3. The molecule has 0 amide bonds. The molecule has 0 bridgehead atoms. The van der Waals surface area contributed by atoms with Crippen LogP contribution in [-0.2, 0) is 0 Å². The maximum absolute atomic E-state index is 9.10. The van der Waals surface area contributed by atoms with Gasteiger partial charge in [0.2, 0.25) is 0 Å². The fourth-order valence-corrected chi connectivity index (χ4v) is 0. The first-order chi connectivity index (χ1) is 5.98. The van der Waals surface area contributed by atoms with Crippen molar-refractivity contribution in [3.8, 4) is 0 Å². The average Bonchev–Trinajstić information content (AvgIpc) is 1.85. The molecule has 0 aromatic heterocycles. The van der Waals surface area contributed by atoms with Gasteiger partial charge in [-0.25, -0.2) is 0 Å². The second kappa shape index (κ2) is 11.9. The van der Waals surface area contributed by atoms with Gasteiger partial charge in [-0.05, 0) is 27.7 Å². The molecule has 0 heterocycles. The van der Waals surface area contributed by atoms with E-state index in [0.717, 1.165) is 7.11 Å². The molecule has 0 atom stereocenters. The van der Waals surface area contributed by atoms with E-state index in [2.05, 4.69) is 0 Å². The van der Waals surface area contributed by atoms with Crippen LogP contribution in [0.2, 0.25) is 0 Å². The van der Waals surface area contributed by atoms with Crippen molar-refractivity contribution >= 4 is 7.32 Å². The summed E-state index contributed by atoms with van der Waals surface area (Å²) in [6.07, 6.45) is 0. The van der Waals surface area contributed by atoms with Crippen LogP contribution in [0.25, 0.3) is 0 Å². The Bertz CT molecular complexity index is 105. The van der Waals surface area contributed by atoms with E-state index in [1.54, 1.807) is 27.7 Å². The van der Waals surface area contributed by atoms with E-state index in [0.29, 0.717) is 0 Å². The molecule has 0 saturated carbocycles. The number of rotatable bonds is 1. The minimum Gasteiger partial charge on any atom is -0.857 e. The van der Waals surface area contributed by atoms with E-state index >= 15 is 0 Å². The van der Waals surface area contributed by atoms with Crippen LogP contribution in [0.1, 0.15) is 27.7 Å². The van der Waals surface area contributed by atoms with Gasteiger partial charge in [0.15, 0.2) is 0 Å². The zero-order chi connectivity index (χ0) is 12.6. The van der Waals surface area contributed by atoms with E-state index in [9.17, 15) is 0 Å². The predicted molar refractivity (Wildman–Crippen MR) is 50.9 cm³/mol. The summed E-state index contributed by atoms with van der Waals surface area (Å²) in [5, 5.41) is 48.0. The third kappa shape index (κ3) is 25.6. The van der Waals surface area contributed by atoms with Crippen molar-refractivity contribution in [3.05, 3.63) is 0 Å². The summed E-state index contributed by atoms with van der Waals surface area (Å²) in [7, 11) is -1.42. The molecule has 0 spiro atoms. The summed E-state index contributed by atoms with van der Waals surface area (Å²) in [5.41, 5.74) is -2.01. The second-order valence-electron chi connectivity index (χ2n) is 3.46. The Balaban J connectivity index is -0.0000000742. The van der Waals surface area contributed by atoms with Gasteiger partial charge in [0.1, 0.15) is 0 Å². The SMILES string of the molecule is CC(C)(O)C(C)(C)O.C[O-].OB(O)O.[K+]. The fourth-order valence-electron chi connectivity index (χ4n) is 0. The second-order valence-corrected chi connectivity index (χ2v) is 3.46. The van der Waals surface area contributed by atoms with Crippen LogP contribution in [0.3, 0.4) is 0 Å². The van der Waals surface area contributed by atoms with E-state index in [4.69, 9.17) is 30.4 Å². The molecule has 15 heavy (non-hydrogen) atoms. The van der Waals surface area contributed by atoms with Gasteiger partial charge in [0.25, 0.3) is 0 Å². The third-order valence-electron chi connectivity index (χ3n) is 1.50. The topological polar surface area (TPSA) is 124 Å².